The van der Waals surface area contributed by atoms with E-state index in [-0.39, 0.29) is 30.8 Å². The zero-order valence-corrected chi connectivity index (χ0v) is 30.9. The number of carboxylic acids is 1. The lowest BCUT2D eigenvalue weighted by atomic mass is 9.34. The maximum atomic E-state index is 13.4. The van der Waals surface area contributed by atoms with E-state index < -0.39 is 101 Å². The fourth-order valence-electron chi connectivity index (χ4n) is 12.5. The molecule has 2 saturated heterocycles. The Hall–Kier alpha value is -1.64. The zero-order chi connectivity index (χ0) is 36.9. The fourth-order valence-corrected chi connectivity index (χ4v) is 12.5. The first kappa shape index (κ1) is 38.1. The molecule has 0 aromatic carbocycles. The fraction of sp³-hybridized carbons (Fsp3) is 0.895. The number of aliphatic hydroxyl groups excluding tert-OH is 5. The van der Waals surface area contributed by atoms with Crippen molar-refractivity contribution in [1.82, 2.24) is 0 Å². The summed E-state index contributed by atoms with van der Waals surface area (Å²) in [7, 11) is 0. The van der Waals surface area contributed by atoms with Gasteiger partial charge < -0.3 is 49.6 Å². The van der Waals surface area contributed by atoms with Gasteiger partial charge in [-0.1, -0.05) is 60.1 Å². The van der Waals surface area contributed by atoms with E-state index in [2.05, 4.69) is 47.6 Å². The van der Waals surface area contributed by atoms with Crippen molar-refractivity contribution in [2.24, 2.45) is 56.7 Å². The summed E-state index contributed by atoms with van der Waals surface area (Å²) in [6.45, 7) is 15.8. The van der Waals surface area contributed by atoms with E-state index in [1.165, 1.54) is 6.92 Å². The van der Waals surface area contributed by atoms with Crippen LogP contribution in [0.2, 0.25) is 0 Å². The van der Waals surface area contributed by atoms with Crippen molar-refractivity contribution in [3.05, 3.63) is 11.6 Å². The maximum absolute atomic E-state index is 13.4. The van der Waals surface area contributed by atoms with Crippen LogP contribution in [0.15, 0.2) is 11.6 Å². The van der Waals surface area contributed by atoms with Crippen molar-refractivity contribution in [3.63, 3.8) is 0 Å². The molecule has 0 spiro atoms. The predicted octanol–water partition coefficient (Wildman–Crippen LogP) is 3.01. The summed E-state index contributed by atoms with van der Waals surface area (Å²) in [6.07, 6.45) is -4.59. The topological polar surface area (TPSA) is 192 Å². The van der Waals surface area contributed by atoms with Gasteiger partial charge in [-0.05, 0) is 72.0 Å². The second-order valence-corrected chi connectivity index (χ2v) is 18.0. The minimum atomic E-state index is -1.65. The first-order valence-corrected chi connectivity index (χ1v) is 18.6. The van der Waals surface area contributed by atoms with E-state index in [1.54, 1.807) is 0 Å². The minimum Gasteiger partial charge on any atom is -0.481 e. The number of carbonyl (C=O) groups excluding carboxylic acids is 1. The summed E-state index contributed by atoms with van der Waals surface area (Å²) >= 11 is 0. The molecule has 11 unspecified atom stereocenters. The lowest BCUT2D eigenvalue weighted by molar-refractivity contribution is -0.369. The number of esters is 1. The monoisotopic (exact) mass is 708 g/mol. The number of aliphatic hydroxyl groups is 5. The van der Waals surface area contributed by atoms with E-state index in [9.17, 15) is 40.2 Å². The Morgan fingerprint density at radius 1 is 0.980 bits per heavy atom. The van der Waals surface area contributed by atoms with Crippen molar-refractivity contribution >= 4 is 11.9 Å². The lowest BCUT2D eigenvalue weighted by Crippen LogP contribution is -2.73. The highest BCUT2D eigenvalue weighted by Crippen LogP contribution is 2.75. The van der Waals surface area contributed by atoms with Gasteiger partial charge in [0.1, 0.15) is 36.6 Å². The molecule has 5 fully saturated rings. The lowest BCUT2D eigenvalue weighted by Gasteiger charge is -2.71. The number of fused-ring (bicyclic) bond motifs is 3. The number of carboxylic acid groups (broad SMARTS) is 1. The molecule has 2 heterocycles. The van der Waals surface area contributed by atoms with Crippen LogP contribution in [0.1, 0.15) is 93.9 Å². The molecule has 0 radical (unpaired) electrons. The summed E-state index contributed by atoms with van der Waals surface area (Å²) in [4.78, 5) is 26.1. The number of carbonyl (C=O) groups is 2. The summed E-state index contributed by atoms with van der Waals surface area (Å²) in [5.74, 6) is -1.61. The quantitative estimate of drug-likeness (QED) is 0.129. The maximum Gasteiger partial charge on any atom is 0.307 e. The van der Waals surface area contributed by atoms with Gasteiger partial charge in [-0.3, -0.25) is 9.59 Å². The molecular formula is C38H60O12. The average molecular weight is 709 g/mol. The van der Waals surface area contributed by atoms with E-state index in [1.807, 2.05) is 6.92 Å². The van der Waals surface area contributed by atoms with Gasteiger partial charge in [0.25, 0.3) is 0 Å². The van der Waals surface area contributed by atoms with Crippen LogP contribution in [-0.4, -0.2) is 105 Å². The van der Waals surface area contributed by atoms with Gasteiger partial charge >= 0.3 is 11.9 Å². The minimum absolute atomic E-state index is 0.0419. The molecule has 2 bridgehead atoms. The summed E-state index contributed by atoms with van der Waals surface area (Å²) < 4.78 is 24.5. The summed E-state index contributed by atoms with van der Waals surface area (Å²) in [5.41, 5.74) is -2.15. The molecule has 6 N–H and O–H groups in total. The molecule has 6 aliphatic rings. The number of allylic oxidation sites excluding steroid dienone is 1. The molecule has 3 saturated carbocycles. The molecule has 0 amide bonds. The molecule has 12 nitrogen and oxygen atoms in total. The Bertz CT molecular complexity index is 1370. The zero-order valence-electron chi connectivity index (χ0n) is 30.9. The SMILES string of the molecule is CC(=O)OC1CC23C4=CCC5(C)C(C(=O)O)C(C)(C(C)C(C)C)CCC5(C)C4CCC2C(C)(COC3O)[C@@H]1O[C@@H]1O[C@H](CO)[C@@H](O)[C@H](O)[C@H]1O. The van der Waals surface area contributed by atoms with E-state index in [4.69, 9.17) is 18.9 Å². The van der Waals surface area contributed by atoms with Crippen LogP contribution in [0.3, 0.4) is 0 Å². The van der Waals surface area contributed by atoms with Crippen LogP contribution >= 0.6 is 0 Å². The van der Waals surface area contributed by atoms with Gasteiger partial charge in [0.2, 0.25) is 0 Å². The van der Waals surface area contributed by atoms with Gasteiger partial charge in [-0.15, -0.1) is 0 Å². The highest BCUT2D eigenvalue weighted by molar-refractivity contribution is 5.73. The van der Waals surface area contributed by atoms with Crippen LogP contribution in [-0.2, 0) is 28.5 Å². The molecule has 17 atom stereocenters. The normalized spacial score (nSPS) is 52.2. The number of aliphatic carboxylic acids is 1. The Labute approximate surface area is 295 Å². The molecule has 50 heavy (non-hydrogen) atoms. The largest absolute Gasteiger partial charge is 0.481 e. The van der Waals surface area contributed by atoms with E-state index in [0.29, 0.717) is 18.8 Å². The first-order valence-electron chi connectivity index (χ1n) is 18.6. The van der Waals surface area contributed by atoms with Crippen LogP contribution in [0.4, 0.5) is 0 Å². The predicted molar refractivity (Wildman–Crippen MR) is 179 cm³/mol. The van der Waals surface area contributed by atoms with Crippen molar-refractivity contribution in [2.75, 3.05) is 13.2 Å². The van der Waals surface area contributed by atoms with Crippen molar-refractivity contribution in [1.29, 1.82) is 0 Å². The van der Waals surface area contributed by atoms with E-state index >= 15 is 0 Å². The molecule has 0 aromatic heterocycles. The highest BCUT2D eigenvalue weighted by Gasteiger charge is 2.74. The van der Waals surface area contributed by atoms with Gasteiger partial charge in [0, 0.05) is 24.2 Å². The van der Waals surface area contributed by atoms with Crippen LogP contribution in [0, 0.1) is 56.7 Å². The molecular weight excluding hydrogens is 648 g/mol. The number of hydrogen-bond donors (Lipinski definition) is 6. The van der Waals surface area contributed by atoms with Crippen LogP contribution < -0.4 is 0 Å². The molecule has 6 rings (SSSR count). The number of rotatable bonds is 7. The van der Waals surface area contributed by atoms with Gasteiger partial charge in [0.15, 0.2) is 12.6 Å². The van der Waals surface area contributed by atoms with Gasteiger partial charge in [-0.2, -0.15) is 0 Å². The smallest absolute Gasteiger partial charge is 0.307 e. The third-order valence-corrected chi connectivity index (χ3v) is 15.6. The Balaban J connectivity index is 1.42. The first-order chi connectivity index (χ1) is 23.2. The third-order valence-electron chi connectivity index (χ3n) is 15.6. The molecule has 4 aliphatic carbocycles. The second kappa shape index (κ2) is 12.7. The average Bonchev–Trinajstić information content (AvgIpc) is 3.04. The molecule has 2 aliphatic heterocycles. The van der Waals surface area contributed by atoms with Crippen molar-refractivity contribution < 1.29 is 59.2 Å². The van der Waals surface area contributed by atoms with Gasteiger partial charge in [0.05, 0.1) is 19.1 Å². The standard InChI is InChI=1S/C38H60O12/c1-18(2)19(3)34(5)13-14-36(7)21-9-10-25-35(6)17-47-33(46)38(25,22(21)11-12-37(36,8)29(34)31(44)45)15-23(48-20(4)40)30(35)50-32-28(43)27(42)26(41)24(16-39)49-32/h11,18-19,21,23-30,32-33,39,41-43,46H,9-10,12-17H2,1-8H3,(H,44,45)/t19?,21?,23?,24-,25?,26-,27+,28-,29?,30-,32+,33?,34?,35?,36?,37?,38?/m1/s1. The number of hydrogen-bond acceptors (Lipinski definition) is 11. The highest BCUT2D eigenvalue weighted by atomic mass is 16.7. The second-order valence-electron chi connectivity index (χ2n) is 18.0. The van der Waals surface area contributed by atoms with Crippen molar-refractivity contribution in [3.8, 4) is 0 Å². The molecule has 12 heteroatoms. The van der Waals surface area contributed by atoms with Crippen LogP contribution in [0.25, 0.3) is 0 Å². The summed E-state index contributed by atoms with van der Waals surface area (Å²) in [6, 6.07) is 0. The van der Waals surface area contributed by atoms with E-state index in [0.717, 1.165) is 24.8 Å². The molecule has 0 aromatic rings. The Kier molecular flexibility index (Phi) is 9.71. The number of ether oxygens (including phenoxy) is 4. The van der Waals surface area contributed by atoms with Crippen molar-refractivity contribution in [2.45, 2.75) is 143 Å². The molecule has 284 valence electrons. The van der Waals surface area contributed by atoms with Crippen LogP contribution in [0.5, 0.6) is 0 Å². The Morgan fingerprint density at radius 2 is 1.66 bits per heavy atom. The summed E-state index contributed by atoms with van der Waals surface area (Å²) in [5, 5.41) is 64.6. The Morgan fingerprint density at radius 3 is 2.26 bits per heavy atom. The third kappa shape index (κ3) is 5.13. The van der Waals surface area contributed by atoms with Gasteiger partial charge in [-0.25, -0.2) is 0 Å².